The molecule has 1 heterocycles. The van der Waals surface area contributed by atoms with E-state index < -0.39 is 11.3 Å². The van der Waals surface area contributed by atoms with Gasteiger partial charge in [-0.1, -0.05) is 18.2 Å². The van der Waals surface area contributed by atoms with Crippen LogP contribution < -0.4 is 0 Å². The Kier molecular flexibility index (Phi) is 4.03. The highest BCUT2D eigenvalue weighted by Crippen LogP contribution is 2.57. The van der Waals surface area contributed by atoms with Crippen LogP contribution in [0.1, 0.15) is 25.8 Å². The van der Waals surface area contributed by atoms with Crippen LogP contribution in [-0.4, -0.2) is 30.1 Å². The van der Waals surface area contributed by atoms with E-state index in [1.54, 1.807) is 20.0 Å². The third kappa shape index (κ3) is 2.46. The fourth-order valence-corrected chi connectivity index (χ4v) is 3.18. The van der Waals surface area contributed by atoms with Crippen molar-refractivity contribution >= 4 is 22.8 Å². The van der Waals surface area contributed by atoms with Gasteiger partial charge in [-0.15, -0.1) is 0 Å². The van der Waals surface area contributed by atoms with E-state index in [4.69, 9.17) is 9.47 Å². The van der Waals surface area contributed by atoms with Crippen LogP contribution in [0.4, 0.5) is 0 Å². The molecule has 1 saturated carbocycles. The molecule has 5 heteroatoms. The van der Waals surface area contributed by atoms with Gasteiger partial charge in [0.15, 0.2) is 0 Å². The number of aromatic nitrogens is 1. The number of carbonyl (C=O) groups excluding carboxylic acids is 2. The second-order valence-electron chi connectivity index (χ2n) is 5.58. The predicted molar refractivity (Wildman–Crippen MR) is 84.8 cm³/mol. The van der Waals surface area contributed by atoms with E-state index in [9.17, 15) is 9.59 Å². The number of rotatable bonds is 5. The quantitative estimate of drug-likeness (QED) is 0.794. The van der Waals surface area contributed by atoms with E-state index >= 15 is 0 Å². The Hall–Kier alpha value is -2.43. The standard InChI is InChI=1S/C18H19NO4/c1-3-22-16(20)14-11-18(14,17(21)23-4-2)13-8-5-9-15-12(13)7-6-10-19-15/h5-10,14H,3-4,11H2,1-2H3. The van der Waals surface area contributed by atoms with Crippen molar-refractivity contribution in [2.24, 2.45) is 5.92 Å². The molecule has 0 saturated heterocycles. The maximum atomic E-state index is 12.6. The Morgan fingerprint density at radius 1 is 1.17 bits per heavy atom. The van der Waals surface area contributed by atoms with Gasteiger partial charge in [-0.05, 0) is 38.0 Å². The van der Waals surface area contributed by atoms with Crippen LogP contribution in [0, 0.1) is 5.92 Å². The lowest BCUT2D eigenvalue weighted by Crippen LogP contribution is -2.29. The van der Waals surface area contributed by atoms with Crippen molar-refractivity contribution in [1.29, 1.82) is 0 Å². The predicted octanol–water partition coefficient (Wildman–Crippen LogP) is 2.62. The smallest absolute Gasteiger partial charge is 0.317 e. The van der Waals surface area contributed by atoms with Crippen molar-refractivity contribution in [2.75, 3.05) is 13.2 Å². The van der Waals surface area contributed by atoms with Crippen LogP contribution in [0.15, 0.2) is 36.5 Å². The fourth-order valence-electron chi connectivity index (χ4n) is 3.18. The SMILES string of the molecule is CCOC(=O)C1CC1(C(=O)OCC)c1cccc2ncccc12. The number of pyridine rings is 1. The summed E-state index contributed by atoms with van der Waals surface area (Å²) in [6.07, 6.45) is 2.12. The molecule has 120 valence electrons. The molecule has 2 aromatic rings. The molecule has 1 fully saturated rings. The zero-order chi connectivity index (χ0) is 16.4. The van der Waals surface area contributed by atoms with Crippen molar-refractivity contribution in [1.82, 2.24) is 4.98 Å². The van der Waals surface area contributed by atoms with E-state index in [1.807, 2.05) is 30.3 Å². The number of fused-ring (bicyclic) bond motifs is 1. The third-order valence-corrected chi connectivity index (χ3v) is 4.30. The number of hydrogen-bond acceptors (Lipinski definition) is 5. The van der Waals surface area contributed by atoms with Gasteiger partial charge in [0.25, 0.3) is 0 Å². The minimum Gasteiger partial charge on any atom is -0.466 e. The van der Waals surface area contributed by atoms with Gasteiger partial charge in [0.05, 0.1) is 24.6 Å². The molecule has 3 rings (SSSR count). The number of nitrogens with zero attached hydrogens (tertiary/aromatic N) is 1. The maximum absolute atomic E-state index is 12.6. The van der Waals surface area contributed by atoms with Gasteiger partial charge in [-0.25, -0.2) is 0 Å². The Balaban J connectivity index is 2.10. The normalized spacial score (nSPS) is 22.6. The molecular formula is C18H19NO4. The van der Waals surface area contributed by atoms with E-state index in [0.29, 0.717) is 13.0 Å². The Bertz CT molecular complexity index is 752. The van der Waals surface area contributed by atoms with Crippen molar-refractivity contribution in [3.05, 3.63) is 42.1 Å². The molecule has 23 heavy (non-hydrogen) atoms. The van der Waals surface area contributed by atoms with Crippen LogP contribution in [0.5, 0.6) is 0 Å². The molecule has 0 bridgehead atoms. The molecule has 5 nitrogen and oxygen atoms in total. The van der Waals surface area contributed by atoms with Crippen LogP contribution in [0.3, 0.4) is 0 Å². The summed E-state index contributed by atoms with van der Waals surface area (Å²) in [5.41, 5.74) is 0.632. The molecule has 1 aliphatic rings. The summed E-state index contributed by atoms with van der Waals surface area (Å²) in [5, 5.41) is 0.870. The minimum atomic E-state index is -0.954. The largest absolute Gasteiger partial charge is 0.466 e. The van der Waals surface area contributed by atoms with E-state index in [-0.39, 0.29) is 18.5 Å². The van der Waals surface area contributed by atoms with Gasteiger partial charge in [-0.3, -0.25) is 14.6 Å². The maximum Gasteiger partial charge on any atom is 0.317 e. The van der Waals surface area contributed by atoms with Crippen LogP contribution in [0.2, 0.25) is 0 Å². The molecule has 0 spiro atoms. The van der Waals surface area contributed by atoms with Crippen LogP contribution in [0.25, 0.3) is 10.9 Å². The molecular weight excluding hydrogens is 294 g/mol. The van der Waals surface area contributed by atoms with Crippen molar-refractivity contribution in [2.45, 2.75) is 25.7 Å². The lowest BCUT2D eigenvalue weighted by Gasteiger charge is -2.18. The van der Waals surface area contributed by atoms with Gasteiger partial charge in [0.2, 0.25) is 0 Å². The molecule has 1 aromatic carbocycles. The molecule has 1 aromatic heterocycles. The first-order chi connectivity index (χ1) is 11.1. The molecule has 2 atom stereocenters. The van der Waals surface area contributed by atoms with E-state index in [0.717, 1.165) is 16.5 Å². The number of benzene rings is 1. The summed E-state index contributed by atoms with van der Waals surface area (Å²) in [4.78, 5) is 29.2. The van der Waals surface area contributed by atoms with Gasteiger partial charge in [-0.2, -0.15) is 0 Å². The minimum absolute atomic E-state index is 0.277. The zero-order valence-corrected chi connectivity index (χ0v) is 13.2. The Morgan fingerprint density at radius 3 is 2.70 bits per heavy atom. The summed E-state index contributed by atoms with van der Waals surface area (Å²) >= 11 is 0. The second-order valence-corrected chi connectivity index (χ2v) is 5.58. The summed E-state index contributed by atoms with van der Waals surface area (Å²) in [6, 6.07) is 9.36. The molecule has 0 radical (unpaired) electrons. The zero-order valence-electron chi connectivity index (χ0n) is 13.2. The highest BCUT2D eigenvalue weighted by molar-refractivity contribution is 6.00. The van der Waals surface area contributed by atoms with Gasteiger partial charge < -0.3 is 9.47 Å². The lowest BCUT2D eigenvalue weighted by atomic mass is 9.89. The monoisotopic (exact) mass is 313 g/mol. The first kappa shape index (κ1) is 15.5. The van der Waals surface area contributed by atoms with Gasteiger partial charge in [0, 0.05) is 11.6 Å². The summed E-state index contributed by atoms with van der Waals surface area (Å²) < 4.78 is 10.4. The number of ether oxygens (including phenoxy) is 2. The average molecular weight is 313 g/mol. The highest BCUT2D eigenvalue weighted by Gasteiger charge is 2.67. The summed E-state index contributed by atoms with van der Waals surface area (Å²) in [6.45, 7) is 4.09. The van der Waals surface area contributed by atoms with Crippen molar-refractivity contribution in [3.8, 4) is 0 Å². The summed E-state index contributed by atoms with van der Waals surface area (Å²) in [7, 11) is 0. The van der Waals surface area contributed by atoms with Crippen molar-refractivity contribution in [3.63, 3.8) is 0 Å². The highest BCUT2D eigenvalue weighted by atomic mass is 16.5. The molecule has 0 N–H and O–H groups in total. The lowest BCUT2D eigenvalue weighted by molar-refractivity contribution is -0.152. The number of esters is 2. The molecule has 0 amide bonds. The Labute approximate surface area is 134 Å². The van der Waals surface area contributed by atoms with Gasteiger partial charge >= 0.3 is 11.9 Å². The van der Waals surface area contributed by atoms with Crippen LogP contribution >= 0.6 is 0 Å². The van der Waals surface area contributed by atoms with E-state index in [2.05, 4.69) is 4.98 Å². The average Bonchev–Trinajstić information content (AvgIpc) is 3.32. The fraction of sp³-hybridized carbons (Fsp3) is 0.389. The van der Waals surface area contributed by atoms with Crippen LogP contribution in [-0.2, 0) is 24.5 Å². The van der Waals surface area contributed by atoms with E-state index in [1.165, 1.54) is 0 Å². The molecule has 1 aliphatic carbocycles. The van der Waals surface area contributed by atoms with Crippen molar-refractivity contribution < 1.29 is 19.1 Å². The Morgan fingerprint density at radius 2 is 1.96 bits per heavy atom. The number of carbonyl (C=O) groups is 2. The van der Waals surface area contributed by atoms with Gasteiger partial charge in [0.1, 0.15) is 5.41 Å². The number of hydrogen-bond donors (Lipinski definition) is 0. The summed E-state index contributed by atoms with van der Waals surface area (Å²) in [5.74, 6) is -1.21. The molecule has 2 unspecified atom stereocenters. The topological polar surface area (TPSA) is 65.5 Å². The molecule has 0 aliphatic heterocycles. The first-order valence-corrected chi connectivity index (χ1v) is 7.83. The first-order valence-electron chi connectivity index (χ1n) is 7.83. The third-order valence-electron chi connectivity index (χ3n) is 4.30. The second kappa shape index (κ2) is 5.99.